The van der Waals surface area contributed by atoms with Gasteiger partial charge in [-0.25, -0.2) is 4.39 Å². The predicted octanol–water partition coefficient (Wildman–Crippen LogP) is 1.59. The van der Waals surface area contributed by atoms with Crippen LogP contribution in [0.2, 0.25) is 0 Å². The molecule has 1 amide bonds. The van der Waals surface area contributed by atoms with Crippen LogP contribution in [-0.2, 0) is 4.79 Å². The number of carbonyl (C=O) groups excluding carboxylic acids is 1. The number of aliphatic hydroxyl groups excluding tert-OH is 1. The Balaban J connectivity index is 2.13. The van der Waals surface area contributed by atoms with Gasteiger partial charge in [0.1, 0.15) is 11.6 Å². The summed E-state index contributed by atoms with van der Waals surface area (Å²) in [6.07, 6.45) is 3.34. The number of rotatable bonds is 4. The minimum atomic E-state index is -0.503. The number of hydrogen-bond acceptors (Lipinski definition) is 4. The number of nitrogens with one attached hydrogen (secondary N) is 3. The van der Waals surface area contributed by atoms with Crippen LogP contribution in [-0.4, -0.2) is 42.8 Å². The number of halogens is 1. The maximum atomic E-state index is 13.9. The SMILES string of the molecule is CN[C@@H](C#Cc1cc(F)cc2c1/C(=C/c1[nH]ccc1OC)C(=O)N2)CO. The zero-order valence-electron chi connectivity index (χ0n) is 14.3. The Hall–Kier alpha value is -3.08. The molecule has 6 nitrogen and oxygen atoms in total. The first-order valence-corrected chi connectivity index (χ1v) is 7.95. The van der Waals surface area contributed by atoms with E-state index in [-0.39, 0.29) is 12.5 Å². The van der Waals surface area contributed by atoms with Crippen molar-refractivity contribution in [3.8, 4) is 17.6 Å². The summed E-state index contributed by atoms with van der Waals surface area (Å²) in [5, 5.41) is 14.7. The summed E-state index contributed by atoms with van der Waals surface area (Å²) in [4.78, 5) is 15.4. The number of aromatic amines is 1. The Bertz CT molecular complexity index is 933. The molecule has 3 rings (SSSR count). The van der Waals surface area contributed by atoms with Crippen LogP contribution in [0.25, 0.3) is 11.6 Å². The number of methoxy groups -OCH3 is 1. The number of amides is 1. The maximum absolute atomic E-state index is 13.9. The van der Waals surface area contributed by atoms with Gasteiger partial charge in [0.05, 0.1) is 36.7 Å². The van der Waals surface area contributed by atoms with Crippen LogP contribution in [0.15, 0.2) is 24.4 Å². The minimum absolute atomic E-state index is 0.180. The molecule has 1 aliphatic rings. The van der Waals surface area contributed by atoms with Crippen LogP contribution in [0, 0.1) is 17.7 Å². The number of benzene rings is 1. The predicted molar refractivity (Wildman–Crippen MR) is 97.1 cm³/mol. The highest BCUT2D eigenvalue weighted by Crippen LogP contribution is 2.37. The normalized spacial score (nSPS) is 15.2. The Morgan fingerprint density at radius 3 is 2.96 bits per heavy atom. The van der Waals surface area contributed by atoms with Gasteiger partial charge in [0.15, 0.2) is 0 Å². The zero-order valence-corrected chi connectivity index (χ0v) is 14.3. The van der Waals surface area contributed by atoms with Gasteiger partial charge < -0.3 is 25.5 Å². The summed E-state index contributed by atoms with van der Waals surface area (Å²) >= 11 is 0. The second-order valence-corrected chi connectivity index (χ2v) is 5.64. The van der Waals surface area contributed by atoms with E-state index in [1.54, 1.807) is 25.4 Å². The molecule has 0 bridgehead atoms. The largest absolute Gasteiger partial charge is 0.495 e. The van der Waals surface area contributed by atoms with Crippen LogP contribution in [0.5, 0.6) is 5.75 Å². The summed E-state index contributed by atoms with van der Waals surface area (Å²) < 4.78 is 19.2. The Kier molecular flexibility index (Phi) is 5.07. The Morgan fingerprint density at radius 2 is 2.27 bits per heavy atom. The van der Waals surface area contributed by atoms with E-state index in [2.05, 4.69) is 27.5 Å². The summed E-state index contributed by atoms with van der Waals surface area (Å²) in [5.41, 5.74) is 2.23. The number of likely N-dealkylation sites (N-methyl/N-ethyl adjacent to an activating group) is 1. The topological polar surface area (TPSA) is 86.4 Å². The third-order valence-electron chi connectivity index (χ3n) is 4.02. The van der Waals surface area contributed by atoms with Crippen molar-refractivity contribution < 1.29 is 19.0 Å². The molecule has 0 unspecified atom stereocenters. The average molecular weight is 355 g/mol. The molecule has 0 spiro atoms. The molecule has 2 heterocycles. The molecule has 0 radical (unpaired) electrons. The molecule has 26 heavy (non-hydrogen) atoms. The van der Waals surface area contributed by atoms with Crippen LogP contribution < -0.4 is 15.4 Å². The minimum Gasteiger partial charge on any atom is -0.495 e. The monoisotopic (exact) mass is 355 g/mol. The highest BCUT2D eigenvalue weighted by Gasteiger charge is 2.28. The van der Waals surface area contributed by atoms with E-state index in [1.807, 2.05) is 0 Å². The molecule has 1 aromatic carbocycles. The number of aromatic nitrogens is 1. The average Bonchev–Trinajstić information content (AvgIpc) is 3.20. The Morgan fingerprint density at radius 1 is 1.46 bits per heavy atom. The molecule has 2 aromatic rings. The first-order chi connectivity index (χ1) is 12.6. The fraction of sp³-hybridized carbons (Fsp3) is 0.211. The van der Waals surface area contributed by atoms with E-state index in [4.69, 9.17) is 4.74 Å². The van der Waals surface area contributed by atoms with Crippen molar-refractivity contribution in [3.63, 3.8) is 0 Å². The highest BCUT2D eigenvalue weighted by atomic mass is 19.1. The molecular formula is C19H18FN3O3. The highest BCUT2D eigenvalue weighted by molar-refractivity contribution is 6.35. The van der Waals surface area contributed by atoms with Crippen LogP contribution in [0.3, 0.4) is 0 Å². The van der Waals surface area contributed by atoms with Gasteiger partial charge in [-0.05, 0) is 31.3 Å². The second-order valence-electron chi connectivity index (χ2n) is 5.64. The summed E-state index contributed by atoms with van der Waals surface area (Å²) in [7, 11) is 3.20. The number of hydrogen-bond donors (Lipinski definition) is 4. The van der Waals surface area contributed by atoms with E-state index in [9.17, 15) is 14.3 Å². The lowest BCUT2D eigenvalue weighted by molar-refractivity contribution is -0.110. The summed E-state index contributed by atoms with van der Waals surface area (Å²) in [6.45, 7) is -0.180. The van der Waals surface area contributed by atoms with Gasteiger partial charge in [0.25, 0.3) is 5.91 Å². The van der Waals surface area contributed by atoms with Gasteiger partial charge in [-0.2, -0.15) is 0 Å². The van der Waals surface area contributed by atoms with Crippen molar-refractivity contribution in [1.29, 1.82) is 0 Å². The molecule has 134 valence electrons. The smallest absolute Gasteiger partial charge is 0.256 e. The first-order valence-electron chi connectivity index (χ1n) is 7.95. The van der Waals surface area contributed by atoms with Crippen molar-refractivity contribution in [1.82, 2.24) is 10.3 Å². The number of anilines is 1. The Labute approximate surface area is 150 Å². The lowest BCUT2D eigenvalue weighted by Crippen LogP contribution is -2.26. The summed E-state index contributed by atoms with van der Waals surface area (Å²) in [5.74, 6) is 5.43. The molecule has 4 N–H and O–H groups in total. The van der Waals surface area contributed by atoms with Gasteiger partial charge >= 0.3 is 0 Å². The van der Waals surface area contributed by atoms with Crippen molar-refractivity contribution >= 4 is 23.2 Å². The van der Waals surface area contributed by atoms with E-state index < -0.39 is 11.9 Å². The third kappa shape index (κ3) is 3.33. The van der Waals surface area contributed by atoms with Gasteiger partial charge in [0, 0.05) is 17.3 Å². The van der Waals surface area contributed by atoms with Gasteiger partial charge in [-0.3, -0.25) is 4.79 Å². The van der Waals surface area contributed by atoms with Crippen molar-refractivity contribution in [2.75, 3.05) is 26.1 Å². The number of ether oxygens (including phenoxy) is 1. The number of carbonyl (C=O) groups is 1. The zero-order chi connectivity index (χ0) is 18.7. The molecule has 1 atom stereocenters. The lowest BCUT2D eigenvalue weighted by Gasteiger charge is -2.06. The second kappa shape index (κ2) is 7.44. The molecule has 7 heteroatoms. The third-order valence-corrected chi connectivity index (χ3v) is 4.02. The fourth-order valence-corrected chi connectivity index (χ4v) is 2.71. The molecular weight excluding hydrogens is 337 g/mol. The quantitative estimate of drug-likeness (QED) is 0.496. The molecule has 0 saturated carbocycles. The molecule has 0 aliphatic carbocycles. The number of aliphatic hydroxyl groups is 1. The van der Waals surface area contributed by atoms with Crippen LogP contribution >= 0.6 is 0 Å². The van der Waals surface area contributed by atoms with Crippen molar-refractivity contribution in [2.24, 2.45) is 0 Å². The van der Waals surface area contributed by atoms with Crippen LogP contribution in [0.4, 0.5) is 10.1 Å². The molecule has 0 saturated heterocycles. The molecule has 1 aromatic heterocycles. The van der Waals surface area contributed by atoms with E-state index in [1.165, 1.54) is 19.2 Å². The van der Waals surface area contributed by atoms with E-state index in [0.717, 1.165) is 0 Å². The first kappa shape index (κ1) is 17.7. The molecule has 0 fully saturated rings. The number of fused-ring (bicyclic) bond motifs is 1. The summed E-state index contributed by atoms with van der Waals surface area (Å²) in [6, 6.07) is 3.82. The fourth-order valence-electron chi connectivity index (χ4n) is 2.71. The van der Waals surface area contributed by atoms with Crippen LogP contribution in [0.1, 0.15) is 16.8 Å². The van der Waals surface area contributed by atoms with Gasteiger partial charge in [-0.15, -0.1) is 0 Å². The lowest BCUT2D eigenvalue weighted by atomic mass is 9.99. The van der Waals surface area contributed by atoms with E-state index in [0.29, 0.717) is 33.8 Å². The standard InChI is InChI=1S/C19H18FN3O3/c1-21-13(10-24)4-3-11-7-12(20)8-16-18(11)14(19(25)23-16)9-15-17(26-2)5-6-22-15/h5-9,13,21-22,24H,10H2,1-2H3,(H,23,25)/b14-9-/t13-/m0/s1. The molecule has 1 aliphatic heterocycles. The van der Waals surface area contributed by atoms with E-state index >= 15 is 0 Å². The van der Waals surface area contributed by atoms with Gasteiger partial charge in [-0.1, -0.05) is 11.8 Å². The van der Waals surface area contributed by atoms with Crippen molar-refractivity contribution in [3.05, 3.63) is 47.0 Å². The van der Waals surface area contributed by atoms with Gasteiger partial charge in [0.2, 0.25) is 0 Å². The maximum Gasteiger partial charge on any atom is 0.256 e. The van der Waals surface area contributed by atoms with Crippen molar-refractivity contribution in [2.45, 2.75) is 6.04 Å². The number of H-pyrrole nitrogens is 1.